The zero-order valence-corrected chi connectivity index (χ0v) is 13.9. The number of carbonyl (C=O) groups is 1. The van der Waals surface area contributed by atoms with Crippen molar-refractivity contribution in [3.8, 4) is 22.6 Å². The number of amides is 1. The Labute approximate surface area is 141 Å². The molecule has 0 bridgehead atoms. The van der Waals surface area contributed by atoms with Gasteiger partial charge >= 0.3 is 0 Å². The number of anilines is 1. The maximum absolute atomic E-state index is 11.8. The summed E-state index contributed by atoms with van der Waals surface area (Å²) in [4.78, 5) is 23.1. The molecule has 0 spiro atoms. The van der Waals surface area contributed by atoms with Crippen LogP contribution in [0.15, 0.2) is 41.0 Å². The number of nitrogens with two attached hydrogens (primary N) is 2. The molecule has 116 valence electrons. The Morgan fingerprint density at radius 3 is 2.78 bits per heavy atom. The van der Waals surface area contributed by atoms with Crippen molar-refractivity contribution in [2.75, 3.05) is 5.73 Å². The molecule has 0 radical (unpaired) electrons. The molecule has 6 nitrogen and oxygen atoms in total. The topological polar surface area (TPSA) is 111 Å². The average molecular weight is 372 g/mol. The molecular weight excluding hydrogens is 358 g/mol. The van der Waals surface area contributed by atoms with Gasteiger partial charge in [0.25, 0.3) is 5.91 Å². The van der Waals surface area contributed by atoms with Crippen LogP contribution in [0.25, 0.3) is 22.6 Å². The number of nitrogen functional groups attached to an aromatic ring is 1. The number of aryl methyl sites for hydroxylation is 1. The lowest BCUT2D eigenvalue weighted by atomic mass is 10.1. The van der Waals surface area contributed by atoms with Gasteiger partial charge in [-0.15, -0.1) is 0 Å². The van der Waals surface area contributed by atoms with Gasteiger partial charge in [-0.1, -0.05) is 18.2 Å². The maximum Gasteiger partial charge on any atom is 0.250 e. The first-order valence-electron chi connectivity index (χ1n) is 6.84. The van der Waals surface area contributed by atoms with Crippen molar-refractivity contribution >= 4 is 27.8 Å². The van der Waals surface area contributed by atoms with E-state index in [2.05, 4.69) is 30.9 Å². The van der Waals surface area contributed by atoms with Crippen LogP contribution in [0.1, 0.15) is 15.9 Å². The van der Waals surface area contributed by atoms with Gasteiger partial charge in [0, 0.05) is 16.2 Å². The third-order valence-electron chi connectivity index (χ3n) is 3.49. The van der Waals surface area contributed by atoms with Gasteiger partial charge in [-0.3, -0.25) is 4.79 Å². The van der Waals surface area contributed by atoms with Crippen LogP contribution in [-0.2, 0) is 0 Å². The number of hydrogen-bond donors (Lipinski definition) is 3. The molecule has 5 N–H and O–H groups in total. The molecule has 0 saturated heterocycles. The van der Waals surface area contributed by atoms with Crippen LogP contribution >= 0.6 is 15.9 Å². The van der Waals surface area contributed by atoms with Crippen molar-refractivity contribution in [2.45, 2.75) is 6.92 Å². The molecule has 3 rings (SSSR count). The molecule has 23 heavy (non-hydrogen) atoms. The van der Waals surface area contributed by atoms with Crippen molar-refractivity contribution in [3.05, 3.63) is 52.1 Å². The van der Waals surface area contributed by atoms with Crippen LogP contribution in [0.3, 0.4) is 0 Å². The monoisotopic (exact) mass is 371 g/mol. The highest BCUT2D eigenvalue weighted by Crippen LogP contribution is 2.34. The lowest BCUT2D eigenvalue weighted by Gasteiger charge is -2.07. The summed E-state index contributed by atoms with van der Waals surface area (Å²) in [7, 11) is 0. The summed E-state index contributed by atoms with van der Waals surface area (Å²) in [5.74, 6) is -0.353. The van der Waals surface area contributed by atoms with Gasteiger partial charge in [0.05, 0.1) is 22.6 Å². The number of H-pyrrole nitrogens is 1. The quantitative estimate of drug-likeness (QED) is 0.656. The molecule has 0 saturated carbocycles. The second-order valence-corrected chi connectivity index (χ2v) is 5.87. The lowest BCUT2D eigenvalue weighted by Crippen LogP contribution is -2.11. The fourth-order valence-corrected chi connectivity index (χ4v) is 2.83. The Morgan fingerprint density at radius 2 is 2.09 bits per heavy atom. The van der Waals surface area contributed by atoms with Gasteiger partial charge in [-0.2, -0.15) is 0 Å². The molecule has 0 aliphatic heterocycles. The van der Waals surface area contributed by atoms with Crippen molar-refractivity contribution < 1.29 is 4.79 Å². The van der Waals surface area contributed by atoms with Gasteiger partial charge in [-0.25, -0.2) is 9.97 Å². The maximum atomic E-state index is 11.8. The highest BCUT2D eigenvalue weighted by molar-refractivity contribution is 9.10. The van der Waals surface area contributed by atoms with E-state index >= 15 is 0 Å². The number of benzene rings is 1. The van der Waals surface area contributed by atoms with E-state index in [9.17, 15) is 4.79 Å². The summed E-state index contributed by atoms with van der Waals surface area (Å²) >= 11 is 3.56. The zero-order valence-electron chi connectivity index (χ0n) is 12.3. The van der Waals surface area contributed by atoms with Crippen molar-refractivity contribution in [2.24, 2.45) is 5.73 Å². The summed E-state index contributed by atoms with van der Waals surface area (Å²) < 4.78 is 0.901. The van der Waals surface area contributed by atoms with E-state index in [-0.39, 0.29) is 5.95 Å². The molecule has 0 atom stereocenters. The van der Waals surface area contributed by atoms with Crippen LogP contribution in [0.5, 0.6) is 0 Å². The number of nitrogens with zero attached hydrogens (tertiary/aromatic N) is 2. The number of halogens is 1. The van der Waals surface area contributed by atoms with E-state index in [1.54, 1.807) is 18.3 Å². The van der Waals surface area contributed by atoms with Gasteiger partial charge < -0.3 is 16.5 Å². The number of aromatic nitrogens is 3. The normalized spacial score (nSPS) is 10.7. The first-order valence-corrected chi connectivity index (χ1v) is 7.64. The molecule has 7 heteroatoms. The summed E-state index contributed by atoms with van der Waals surface area (Å²) in [6, 6.07) is 9.19. The third-order valence-corrected chi connectivity index (χ3v) is 4.55. The number of carbonyl (C=O) groups excluding carboxylic acids is 1. The van der Waals surface area contributed by atoms with Gasteiger partial charge in [-0.05, 0) is 40.5 Å². The minimum Gasteiger partial charge on any atom is -0.368 e. The molecule has 0 fully saturated rings. The van der Waals surface area contributed by atoms with E-state index < -0.39 is 5.91 Å². The predicted molar refractivity (Wildman–Crippen MR) is 92.6 cm³/mol. The summed E-state index contributed by atoms with van der Waals surface area (Å²) in [6.45, 7) is 1.98. The highest BCUT2D eigenvalue weighted by Gasteiger charge is 2.18. The van der Waals surface area contributed by atoms with Crippen LogP contribution in [0.4, 0.5) is 5.95 Å². The molecule has 0 aliphatic rings. The summed E-state index contributed by atoms with van der Waals surface area (Å²) in [6.07, 6.45) is 1.56. The number of nitrogens with one attached hydrogen (secondary N) is 1. The van der Waals surface area contributed by atoms with Crippen molar-refractivity contribution in [1.82, 2.24) is 15.0 Å². The fourth-order valence-electron chi connectivity index (χ4n) is 2.36. The summed E-state index contributed by atoms with van der Waals surface area (Å²) in [5.41, 5.74) is 15.3. The Hall–Kier alpha value is -2.67. The van der Waals surface area contributed by atoms with Gasteiger partial charge in [0.15, 0.2) is 0 Å². The first-order chi connectivity index (χ1) is 11.0. The van der Waals surface area contributed by atoms with Gasteiger partial charge in [0.2, 0.25) is 5.95 Å². The average Bonchev–Trinajstić information content (AvgIpc) is 2.95. The Bertz CT molecular complexity index is 903. The second-order valence-electron chi connectivity index (χ2n) is 5.07. The number of rotatable bonds is 3. The molecule has 2 heterocycles. The Morgan fingerprint density at radius 1 is 1.30 bits per heavy atom. The van der Waals surface area contributed by atoms with E-state index in [4.69, 9.17) is 11.5 Å². The zero-order chi connectivity index (χ0) is 16.6. The molecule has 0 aliphatic carbocycles. The first kappa shape index (κ1) is 15.2. The van der Waals surface area contributed by atoms with Crippen LogP contribution in [0, 0.1) is 6.92 Å². The van der Waals surface area contributed by atoms with Crippen molar-refractivity contribution in [1.29, 1.82) is 0 Å². The largest absolute Gasteiger partial charge is 0.368 e. The minimum atomic E-state index is -0.516. The Balaban J connectivity index is 2.21. The van der Waals surface area contributed by atoms with Crippen molar-refractivity contribution in [3.63, 3.8) is 0 Å². The summed E-state index contributed by atoms with van der Waals surface area (Å²) in [5, 5.41) is 0. The number of primary amides is 1. The predicted octanol–water partition coefficient (Wildman–Crippen LogP) is 2.89. The molecule has 2 aromatic heterocycles. The SMILES string of the molecule is Cc1cccc(-c2[nH]c(-c3ccnc(N)n3)cc2C(N)=O)c1Br. The number of aromatic amines is 1. The molecule has 1 amide bonds. The van der Waals surface area contributed by atoms with E-state index in [1.165, 1.54) is 0 Å². The Kier molecular flexibility index (Phi) is 3.87. The highest BCUT2D eigenvalue weighted by atomic mass is 79.9. The smallest absolute Gasteiger partial charge is 0.250 e. The molecule has 1 aromatic carbocycles. The van der Waals surface area contributed by atoms with Crippen LogP contribution in [-0.4, -0.2) is 20.9 Å². The van der Waals surface area contributed by atoms with E-state index in [1.807, 2.05) is 25.1 Å². The van der Waals surface area contributed by atoms with Crippen LogP contribution < -0.4 is 11.5 Å². The second kappa shape index (κ2) is 5.85. The minimum absolute atomic E-state index is 0.163. The fraction of sp³-hybridized carbons (Fsp3) is 0.0625. The van der Waals surface area contributed by atoms with E-state index in [0.29, 0.717) is 22.6 Å². The molecular formula is C16H14BrN5O. The standard InChI is InChI=1S/C16H14BrN5O/c1-8-3-2-4-9(13(8)17)14-10(15(18)23)7-12(21-14)11-5-6-20-16(19)22-11/h2-7,21H,1H3,(H2,18,23)(H2,19,20,22). The van der Waals surface area contributed by atoms with Crippen LogP contribution in [0.2, 0.25) is 0 Å². The third kappa shape index (κ3) is 2.83. The molecule has 0 unspecified atom stereocenters. The van der Waals surface area contributed by atoms with Gasteiger partial charge in [0.1, 0.15) is 0 Å². The molecule has 3 aromatic rings. The van der Waals surface area contributed by atoms with E-state index in [0.717, 1.165) is 15.6 Å². The number of hydrogen-bond acceptors (Lipinski definition) is 4. The lowest BCUT2D eigenvalue weighted by molar-refractivity contribution is 0.100.